The normalized spacial score (nSPS) is 20.6. The number of hydrogen-bond donors (Lipinski definition) is 2. The van der Waals surface area contributed by atoms with Crippen molar-refractivity contribution in [1.29, 1.82) is 0 Å². The fourth-order valence-electron chi connectivity index (χ4n) is 2.23. The van der Waals surface area contributed by atoms with E-state index in [1.807, 2.05) is 30.3 Å². The summed E-state index contributed by atoms with van der Waals surface area (Å²) in [5, 5.41) is 20.0. The maximum absolute atomic E-state index is 10.0. The molecule has 0 aromatic heterocycles. The summed E-state index contributed by atoms with van der Waals surface area (Å²) >= 11 is 0. The van der Waals surface area contributed by atoms with Gasteiger partial charge in [0, 0.05) is 26.1 Å². The fourth-order valence-corrected chi connectivity index (χ4v) is 2.23. The van der Waals surface area contributed by atoms with Gasteiger partial charge in [-0.3, -0.25) is 4.90 Å². The van der Waals surface area contributed by atoms with Crippen molar-refractivity contribution >= 4 is 0 Å². The standard InChI is InChI=1S/C14H21NO3/c16-13(11-15-6-8-18-9-7-15)10-14(17)12-4-2-1-3-5-12/h1-5,13-14,16-17H,6-11H2. The van der Waals surface area contributed by atoms with E-state index in [0.29, 0.717) is 13.0 Å². The van der Waals surface area contributed by atoms with E-state index >= 15 is 0 Å². The molecule has 1 aliphatic rings. The van der Waals surface area contributed by atoms with Gasteiger partial charge in [0.2, 0.25) is 0 Å². The van der Waals surface area contributed by atoms with Crippen LogP contribution in [0.1, 0.15) is 18.1 Å². The van der Waals surface area contributed by atoms with E-state index in [9.17, 15) is 10.2 Å². The molecular formula is C14H21NO3. The van der Waals surface area contributed by atoms with Crippen molar-refractivity contribution in [2.75, 3.05) is 32.8 Å². The summed E-state index contributed by atoms with van der Waals surface area (Å²) in [7, 11) is 0. The molecule has 2 unspecified atom stereocenters. The fraction of sp³-hybridized carbons (Fsp3) is 0.571. The van der Waals surface area contributed by atoms with Crippen LogP contribution in [0.2, 0.25) is 0 Å². The molecule has 1 aromatic carbocycles. The average Bonchev–Trinajstić information content (AvgIpc) is 2.40. The maximum Gasteiger partial charge on any atom is 0.0815 e. The molecule has 0 radical (unpaired) electrons. The molecule has 0 aliphatic carbocycles. The van der Waals surface area contributed by atoms with Crippen molar-refractivity contribution in [2.45, 2.75) is 18.6 Å². The van der Waals surface area contributed by atoms with Gasteiger partial charge in [-0.2, -0.15) is 0 Å². The van der Waals surface area contributed by atoms with Crippen LogP contribution in [0.5, 0.6) is 0 Å². The quantitative estimate of drug-likeness (QED) is 0.813. The summed E-state index contributed by atoms with van der Waals surface area (Å²) in [6.45, 7) is 3.78. The zero-order valence-electron chi connectivity index (χ0n) is 10.5. The summed E-state index contributed by atoms with van der Waals surface area (Å²) in [4.78, 5) is 2.17. The van der Waals surface area contributed by atoms with Crippen molar-refractivity contribution < 1.29 is 14.9 Å². The second kappa shape index (κ2) is 6.85. The molecule has 1 aliphatic heterocycles. The number of aliphatic hydroxyl groups excluding tert-OH is 2. The topological polar surface area (TPSA) is 52.9 Å². The van der Waals surface area contributed by atoms with Gasteiger partial charge in [0.15, 0.2) is 0 Å². The van der Waals surface area contributed by atoms with Gasteiger partial charge in [-0.25, -0.2) is 0 Å². The molecule has 100 valence electrons. The highest BCUT2D eigenvalue weighted by Crippen LogP contribution is 2.18. The Morgan fingerprint density at radius 2 is 1.78 bits per heavy atom. The second-order valence-electron chi connectivity index (χ2n) is 4.73. The molecule has 0 spiro atoms. The highest BCUT2D eigenvalue weighted by Gasteiger charge is 2.18. The molecule has 4 heteroatoms. The van der Waals surface area contributed by atoms with Crippen molar-refractivity contribution in [1.82, 2.24) is 4.90 Å². The Bertz CT molecular complexity index is 338. The largest absolute Gasteiger partial charge is 0.392 e. The number of rotatable bonds is 5. The van der Waals surface area contributed by atoms with Crippen LogP contribution in [0.4, 0.5) is 0 Å². The molecule has 0 bridgehead atoms. The predicted octanol–water partition coefficient (Wildman–Crippen LogP) is 0.803. The number of hydrogen-bond acceptors (Lipinski definition) is 4. The van der Waals surface area contributed by atoms with Crippen LogP contribution >= 0.6 is 0 Å². The Balaban J connectivity index is 1.78. The molecule has 0 saturated carbocycles. The summed E-state index contributed by atoms with van der Waals surface area (Å²) in [5.41, 5.74) is 0.860. The number of morpholine rings is 1. The first-order chi connectivity index (χ1) is 8.75. The van der Waals surface area contributed by atoms with Gasteiger partial charge in [0.1, 0.15) is 0 Å². The first-order valence-electron chi connectivity index (χ1n) is 6.47. The smallest absolute Gasteiger partial charge is 0.0815 e. The number of nitrogens with zero attached hydrogens (tertiary/aromatic N) is 1. The highest BCUT2D eigenvalue weighted by molar-refractivity contribution is 5.17. The Kier molecular flexibility index (Phi) is 5.13. The minimum absolute atomic E-state index is 0.376. The molecule has 1 saturated heterocycles. The molecule has 1 heterocycles. The lowest BCUT2D eigenvalue weighted by Crippen LogP contribution is -2.41. The van der Waals surface area contributed by atoms with Gasteiger partial charge < -0.3 is 14.9 Å². The van der Waals surface area contributed by atoms with Crippen LogP contribution in [0.3, 0.4) is 0 Å². The van der Waals surface area contributed by atoms with Crippen LogP contribution in [0.15, 0.2) is 30.3 Å². The van der Waals surface area contributed by atoms with Crippen LogP contribution < -0.4 is 0 Å². The van der Waals surface area contributed by atoms with Crippen molar-refractivity contribution in [3.63, 3.8) is 0 Å². The summed E-state index contributed by atoms with van der Waals surface area (Å²) in [6.07, 6.45) is -0.720. The average molecular weight is 251 g/mol. The van der Waals surface area contributed by atoms with Crippen LogP contribution in [0.25, 0.3) is 0 Å². The molecule has 2 atom stereocenters. The lowest BCUT2D eigenvalue weighted by Gasteiger charge is -2.29. The predicted molar refractivity (Wildman–Crippen MR) is 69.3 cm³/mol. The monoisotopic (exact) mass is 251 g/mol. The summed E-state index contributed by atoms with van der Waals surface area (Å²) in [6, 6.07) is 9.47. The lowest BCUT2D eigenvalue weighted by atomic mass is 10.0. The number of benzene rings is 1. The van der Waals surface area contributed by atoms with Gasteiger partial charge >= 0.3 is 0 Å². The maximum atomic E-state index is 10.0. The van der Waals surface area contributed by atoms with Gasteiger partial charge in [-0.1, -0.05) is 30.3 Å². The Labute approximate surface area is 108 Å². The first-order valence-corrected chi connectivity index (χ1v) is 6.47. The second-order valence-corrected chi connectivity index (χ2v) is 4.73. The zero-order chi connectivity index (χ0) is 12.8. The van der Waals surface area contributed by atoms with Crippen LogP contribution in [-0.2, 0) is 4.74 Å². The van der Waals surface area contributed by atoms with Crippen molar-refractivity contribution in [2.24, 2.45) is 0 Å². The van der Waals surface area contributed by atoms with Gasteiger partial charge in [0.25, 0.3) is 0 Å². The van der Waals surface area contributed by atoms with E-state index in [-0.39, 0.29) is 0 Å². The molecular weight excluding hydrogens is 230 g/mol. The third-order valence-electron chi connectivity index (χ3n) is 3.25. The Hall–Kier alpha value is -0.940. The molecule has 2 rings (SSSR count). The molecule has 2 N–H and O–H groups in total. The van der Waals surface area contributed by atoms with Crippen LogP contribution in [0, 0.1) is 0 Å². The van der Waals surface area contributed by atoms with E-state index < -0.39 is 12.2 Å². The Morgan fingerprint density at radius 3 is 2.44 bits per heavy atom. The third kappa shape index (κ3) is 4.07. The number of β-amino-alcohol motifs (C(OH)–C–C–N with tert-alkyl or cyclic N) is 1. The van der Waals surface area contributed by atoms with Gasteiger partial charge in [0.05, 0.1) is 25.4 Å². The van der Waals surface area contributed by atoms with E-state index in [1.165, 1.54) is 0 Å². The molecule has 18 heavy (non-hydrogen) atoms. The summed E-state index contributed by atoms with van der Waals surface area (Å²) < 4.78 is 5.26. The molecule has 0 amide bonds. The molecule has 4 nitrogen and oxygen atoms in total. The minimum atomic E-state index is -0.595. The highest BCUT2D eigenvalue weighted by atomic mass is 16.5. The minimum Gasteiger partial charge on any atom is -0.392 e. The SMILES string of the molecule is OC(CC(O)c1ccccc1)CN1CCOCC1. The molecule has 1 aromatic rings. The van der Waals surface area contributed by atoms with E-state index in [4.69, 9.17) is 4.74 Å². The van der Waals surface area contributed by atoms with E-state index in [1.54, 1.807) is 0 Å². The van der Waals surface area contributed by atoms with Gasteiger partial charge in [-0.05, 0) is 5.56 Å². The Morgan fingerprint density at radius 1 is 1.11 bits per heavy atom. The number of aliphatic hydroxyl groups is 2. The molecule has 1 fully saturated rings. The van der Waals surface area contributed by atoms with Crippen molar-refractivity contribution in [3.05, 3.63) is 35.9 Å². The third-order valence-corrected chi connectivity index (χ3v) is 3.25. The lowest BCUT2D eigenvalue weighted by molar-refractivity contribution is 0.00216. The first kappa shape index (κ1) is 13.5. The van der Waals surface area contributed by atoms with Crippen LogP contribution in [-0.4, -0.2) is 54.1 Å². The van der Waals surface area contributed by atoms with E-state index in [2.05, 4.69) is 4.90 Å². The zero-order valence-corrected chi connectivity index (χ0v) is 10.5. The number of ether oxygens (including phenoxy) is 1. The van der Waals surface area contributed by atoms with E-state index in [0.717, 1.165) is 31.9 Å². The van der Waals surface area contributed by atoms with Crippen molar-refractivity contribution in [3.8, 4) is 0 Å². The summed E-state index contributed by atoms with van der Waals surface area (Å²) in [5.74, 6) is 0. The van der Waals surface area contributed by atoms with Gasteiger partial charge in [-0.15, -0.1) is 0 Å².